The van der Waals surface area contributed by atoms with Crippen LogP contribution in [0.2, 0.25) is 0 Å². The van der Waals surface area contributed by atoms with E-state index in [4.69, 9.17) is 5.11 Å². The molecule has 0 bridgehead atoms. The van der Waals surface area contributed by atoms with E-state index in [9.17, 15) is 9.59 Å². The zero-order chi connectivity index (χ0) is 13.8. The van der Waals surface area contributed by atoms with E-state index in [1.54, 1.807) is 12.3 Å². The van der Waals surface area contributed by atoms with E-state index in [0.29, 0.717) is 5.82 Å². The summed E-state index contributed by atoms with van der Waals surface area (Å²) in [5, 5.41) is 11.4. The number of hydrogen-bond donors (Lipinski definition) is 2. The summed E-state index contributed by atoms with van der Waals surface area (Å²) in [6.45, 7) is 1.82. The molecule has 2 N–H and O–H groups in total. The number of carbonyl (C=O) groups is 2. The summed E-state index contributed by atoms with van der Waals surface area (Å²) in [4.78, 5) is 30.4. The number of amides is 1. The van der Waals surface area contributed by atoms with Crippen LogP contribution in [0.25, 0.3) is 0 Å². The highest BCUT2D eigenvalue weighted by Crippen LogP contribution is 2.10. The minimum atomic E-state index is -1.08. The molecular formula is C13H11N3O3. The molecule has 0 saturated carbocycles. The lowest BCUT2D eigenvalue weighted by Gasteiger charge is -2.06. The Morgan fingerprint density at radius 3 is 2.58 bits per heavy atom. The van der Waals surface area contributed by atoms with Gasteiger partial charge in [0.05, 0.1) is 5.56 Å². The SMILES string of the molecule is Cc1cccnc1NC(=O)c1ccc(C(=O)O)cn1. The van der Waals surface area contributed by atoms with Crippen molar-refractivity contribution in [3.8, 4) is 0 Å². The van der Waals surface area contributed by atoms with E-state index in [0.717, 1.165) is 11.8 Å². The van der Waals surface area contributed by atoms with Crippen LogP contribution < -0.4 is 5.32 Å². The van der Waals surface area contributed by atoms with Gasteiger partial charge in [-0.1, -0.05) is 6.07 Å². The third kappa shape index (κ3) is 2.92. The Hall–Kier alpha value is -2.76. The Morgan fingerprint density at radius 2 is 2.00 bits per heavy atom. The predicted octanol–water partition coefficient (Wildman–Crippen LogP) is 1.74. The zero-order valence-corrected chi connectivity index (χ0v) is 10.1. The molecule has 0 spiro atoms. The van der Waals surface area contributed by atoms with Crippen molar-refractivity contribution < 1.29 is 14.7 Å². The Morgan fingerprint density at radius 1 is 1.21 bits per heavy atom. The monoisotopic (exact) mass is 257 g/mol. The quantitative estimate of drug-likeness (QED) is 0.873. The largest absolute Gasteiger partial charge is 0.478 e. The smallest absolute Gasteiger partial charge is 0.337 e. The van der Waals surface area contributed by atoms with Crippen LogP contribution in [0, 0.1) is 6.92 Å². The van der Waals surface area contributed by atoms with Crippen LogP contribution in [0.3, 0.4) is 0 Å². The molecule has 2 aromatic heterocycles. The first-order valence-corrected chi connectivity index (χ1v) is 5.50. The van der Waals surface area contributed by atoms with Crippen molar-refractivity contribution in [2.24, 2.45) is 0 Å². The number of hydrogen-bond acceptors (Lipinski definition) is 4. The molecule has 1 amide bonds. The van der Waals surface area contributed by atoms with Crippen LogP contribution in [0.4, 0.5) is 5.82 Å². The Balaban J connectivity index is 2.16. The molecule has 19 heavy (non-hydrogen) atoms. The lowest BCUT2D eigenvalue weighted by Crippen LogP contribution is -2.15. The Bertz CT molecular complexity index is 623. The van der Waals surface area contributed by atoms with E-state index in [2.05, 4.69) is 15.3 Å². The first kappa shape index (κ1) is 12.7. The van der Waals surface area contributed by atoms with E-state index in [-0.39, 0.29) is 11.3 Å². The van der Waals surface area contributed by atoms with Crippen LogP contribution in [-0.4, -0.2) is 27.0 Å². The molecule has 0 aliphatic rings. The first-order valence-electron chi connectivity index (χ1n) is 5.50. The molecule has 2 rings (SSSR count). The number of rotatable bonds is 3. The summed E-state index contributed by atoms with van der Waals surface area (Å²) >= 11 is 0. The minimum absolute atomic E-state index is 0.0329. The van der Waals surface area contributed by atoms with Gasteiger partial charge in [-0.2, -0.15) is 0 Å². The van der Waals surface area contributed by atoms with Crippen LogP contribution >= 0.6 is 0 Å². The third-order valence-corrected chi connectivity index (χ3v) is 2.48. The maximum absolute atomic E-state index is 11.9. The lowest BCUT2D eigenvalue weighted by molar-refractivity contribution is 0.0696. The van der Waals surface area contributed by atoms with Crippen LogP contribution in [0.5, 0.6) is 0 Å². The Kier molecular flexibility index (Phi) is 3.51. The molecule has 0 radical (unpaired) electrons. The van der Waals surface area contributed by atoms with Crippen LogP contribution in [-0.2, 0) is 0 Å². The number of nitrogens with zero attached hydrogens (tertiary/aromatic N) is 2. The van der Waals surface area contributed by atoms with Crippen LogP contribution in [0.1, 0.15) is 26.4 Å². The second kappa shape index (κ2) is 5.26. The molecule has 0 unspecified atom stereocenters. The summed E-state index contributed by atoms with van der Waals surface area (Å²) < 4.78 is 0. The highest BCUT2D eigenvalue weighted by Gasteiger charge is 2.11. The summed E-state index contributed by atoms with van der Waals surface area (Å²) in [5.41, 5.74) is 0.999. The number of aryl methyl sites for hydroxylation is 1. The predicted molar refractivity (Wildman–Crippen MR) is 68.1 cm³/mol. The molecule has 0 aliphatic carbocycles. The molecule has 2 heterocycles. The highest BCUT2D eigenvalue weighted by molar-refractivity contribution is 6.03. The molecule has 0 aliphatic heterocycles. The van der Waals surface area contributed by atoms with Crippen molar-refractivity contribution in [1.82, 2.24) is 9.97 Å². The maximum atomic E-state index is 11.9. The van der Waals surface area contributed by atoms with Gasteiger partial charge in [0.15, 0.2) is 0 Å². The van der Waals surface area contributed by atoms with Crippen molar-refractivity contribution in [2.45, 2.75) is 6.92 Å². The van der Waals surface area contributed by atoms with Crippen molar-refractivity contribution in [3.05, 3.63) is 53.5 Å². The van der Waals surface area contributed by atoms with E-state index in [1.807, 2.05) is 13.0 Å². The number of pyridine rings is 2. The number of aromatic nitrogens is 2. The summed E-state index contributed by atoms with van der Waals surface area (Å²) in [6, 6.07) is 6.28. The van der Waals surface area contributed by atoms with Gasteiger partial charge in [0.25, 0.3) is 5.91 Å². The number of carbonyl (C=O) groups excluding carboxylic acids is 1. The molecule has 0 fully saturated rings. The van der Waals surface area contributed by atoms with Crippen molar-refractivity contribution >= 4 is 17.7 Å². The fourth-order valence-corrected chi connectivity index (χ4v) is 1.44. The summed E-state index contributed by atoms with van der Waals surface area (Å²) in [7, 11) is 0. The molecule has 0 saturated heterocycles. The minimum Gasteiger partial charge on any atom is -0.478 e. The van der Waals surface area contributed by atoms with E-state index >= 15 is 0 Å². The van der Waals surface area contributed by atoms with Gasteiger partial charge in [-0.3, -0.25) is 9.78 Å². The maximum Gasteiger partial charge on any atom is 0.337 e. The van der Waals surface area contributed by atoms with E-state index < -0.39 is 11.9 Å². The molecular weight excluding hydrogens is 246 g/mol. The number of aromatic carboxylic acids is 1. The third-order valence-electron chi connectivity index (χ3n) is 2.48. The fourth-order valence-electron chi connectivity index (χ4n) is 1.44. The van der Waals surface area contributed by atoms with Gasteiger partial charge in [0, 0.05) is 12.4 Å². The van der Waals surface area contributed by atoms with Gasteiger partial charge in [-0.25, -0.2) is 9.78 Å². The summed E-state index contributed by atoms with van der Waals surface area (Å²) in [6.07, 6.45) is 2.71. The number of anilines is 1. The second-order valence-electron chi connectivity index (χ2n) is 3.86. The number of carboxylic acids is 1. The average molecular weight is 257 g/mol. The molecule has 6 heteroatoms. The van der Waals surface area contributed by atoms with Crippen molar-refractivity contribution in [1.29, 1.82) is 0 Å². The van der Waals surface area contributed by atoms with E-state index in [1.165, 1.54) is 12.1 Å². The number of nitrogens with one attached hydrogen (secondary N) is 1. The summed E-state index contributed by atoms with van der Waals surface area (Å²) in [5.74, 6) is -1.06. The van der Waals surface area contributed by atoms with Gasteiger partial charge >= 0.3 is 5.97 Å². The van der Waals surface area contributed by atoms with Gasteiger partial charge in [-0.05, 0) is 30.7 Å². The van der Waals surface area contributed by atoms with Gasteiger partial charge in [0.1, 0.15) is 11.5 Å². The fraction of sp³-hybridized carbons (Fsp3) is 0.0769. The molecule has 0 atom stereocenters. The van der Waals surface area contributed by atoms with Gasteiger partial charge in [0.2, 0.25) is 0 Å². The lowest BCUT2D eigenvalue weighted by atomic mass is 10.2. The molecule has 2 aromatic rings. The molecule has 6 nitrogen and oxygen atoms in total. The topological polar surface area (TPSA) is 92.2 Å². The highest BCUT2D eigenvalue weighted by atomic mass is 16.4. The van der Waals surface area contributed by atoms with Gasteiger partial charge < -0.3 is 10.4 Å². The molecule has 0 aromatic carbocycles. The second-order valence-corrected chi connectivity index (χ2v) is 3.86. The average Bonchev–Trinajstić information content (AvgIpc) is 2.41. The normalized spacial score (nSPS) is 9.95. The zero-order valence-electron chi connectivity index (χ0n) is 10.1. The standard InChI is InChI=1S/C13H11N3O3/c1-8-3-2-6-14-11(8)16-12(17)10-5-4-9(7-15-10)13(18)19/h2-7H,1H3,(H,18,19)(H,14,16,17). The van der Waals surface area contributed by atoms with Gasteiger partial charge in [-0.15, -0.1) is 0 Å². The first-order chi connectivity index (χ1) is 9.08. The number of carboxylic acid groups (broad SMARTS) is 1. The van der Waals surface area contributed by atoms with Crippen molar-refractivity contribution in [2.75, 3.05) is 5.32 Å². The Labute approximate surface area is 109 Å². The molecule has 96 valence electrons. The van der Waals surface area contributed by atoms with Crippen LogP contribution in [0.15, 0.2) is 36.7 Å². The van der Waals surface area contributed by atoms with Crippen molar-refractivity contribution in [3.63, 3.8) is 0 Å².